The highest BCUT2D eigenvalue weighted by Crippen LogP contribution is 2.33. The zero-order valence-electron chi connectivity index (χ0n) is 34.5. The zero-order chi connectivity index (χ0) is 35.8. The summed E-state index contributed by atoms with van der Waals surface area (Å²) in [6.07, 6.45) is 43.5. The van der Waals surface area contributed by atoms with E-state index in [0.717, 1.165) is 32.1 Å². The number of halogens is 1. The van der Waals surface area contributed by atoms with Crippen molar-refractivity contribution in [3.63, 3.8) is 0 Å². The van der Waals surface area contributed by atoms with Gasteiger partial charge in [0.1, 0.15) is 12.1 Å². The third-order valence-corrected chi connectivity index (χ3v) is 11.7. The van der Waals surface area contributed by atoms with Gasteiger partial charge in [-0.3, -0.25) is 4.48 Å². The molecule has 0 amide bonds. The third kappa shape index (κ3) is 29.3. The van der Waals surface area contributed by atoms with E-state index >= 15 is 0 Å². The average molecular weight is 719 g/mol. The van der Waals surface area contributed by atoms with Gasteiger partial charge in [-0.15, -0.1) is 0 Å². The van der Waals surface area contributed by atoms with Crippen LogP contribution in [0.3, 0.4) is 0 Å². The summed E-state index contributed by atoms with van der Waals surface area (Å²) in [6, 6.07) is 0. The molecule has 0 aromatic carbocycles. The lowest BCUT2D eigenvalue weighted by atomic mass is 9.92. The minimum absolute atomic E-state index is 0. The standard InChI is InChI=1S/C44H92NO3.ClH/c1-7-9-11-13-15-17-19-21-23-25-27-29-31-33-35-37-39-43(4,47)41-45(6,42(3)46)44(5,48)40-38-36-34-32-30-28-26-24-22-20-18-16-14-12-10-8-2;/h42,46-48H,7-41H2,1-6H3;1H/q+1;/p-1. The van der Waals surface area contributed by atoms with Gasteiger partial charge in [-0.05, 0) is 19.8 Å². The average Bonchev–Trinajstić information content (AvgIpc) is 3.03. The van der Waals surface area contributed by atoms with Crippen molar-refractivity contribution in [3.05, 3.63) is 0 Å². The normalized spacial score (nSPS) is 16.1. The van der Waals surface area contributed by atoms with Gasteiger partial charge < -0.3 is 27.7 Å². The van der Waals surface area contributed by atoms with Crippen LogP contribution in [-0.4, -0.2) is 50.9 Å². The summed E-state index contributed by atoms with van der Waals surface area (Å²) in [5.74, 6) is 0. The zero-order valence-corrected chi connectivity index (χ0v) is 35.2. The fourth-order valence-corrected chi connectivity index (χ4v) is 7.81. The van der Waals surface area contributed by atoms with Crippen LogP contribution in [0.25, 0.3) is 0 Å². The number of hydrogen-bond acceptors (Lipinski definition) is 3. The van der Waals surface area contributed by atoms with E-state index in [9.17, 15) is 15.3 Å². The molecule has 0 fully saturated rings. The number of unbranched alkanes of at least 4 members (excludes halogenated alkanes) is 30. The van der Waals surface area contributed by atoms with Crippen LogP contribution in [0.1, 0.15) is 253 Å². The molecular formula is C44H92ClNO3. The number of rotatable bonds is 38. The molecule has 0 aromatic heterocycles. The van der Waals surface area contributed by atoms with Crippen LogP contribution in [0.4, 0.5) is 0 Å². The number of likely N-dealkylation sites (N-methyl/N-ethyl adjacent to an activating group) is 1. The maximum atomic E-state index is 11.6. The molecule has 3 N–H and O–H groups in total. The number of hydrogen-bond donors (Lipinski definition) is 3. The second-order valence-corrected chi connectivity index (χ2v) is 16.9. The number of aliphatic hydroxyl groups excluding tert-OH is 1. The lowest BCUT2D eigenvalue weighted by molar-refractivity contribution is -1.02. The molecular weight excluding hydrogens is 626 g/mol. The third-order valence-electron chi connectivity index (χ3n) is 11.7. The van der Waals surface area contributed by atoms with Crippen molar-refractivity contribution in [2.45, 2.75) is 270 Å². The SMILES string of the molecule is CCCCCCCCCCCCCCCCCCC(C)(O)C[N+](C)(C(C)O)C(C)(O)CCCCCCCCCCCCCCCCCC.[Cl-]. The topological polar surface area (TPSA) is 60.7 Å². The minimum Gasteiger partial charge on any atom is -1.00 e. The monoisotopic (exact) mass is 718 g/mol. The van der Waals surface area contributed by atoms with E-state index in [1.807, 2.05) is 20.9 Å². The summed E-state index contributed by atoms with van der Waals surface area (Å²) in [6.45, 7) is 10.5. The van der Waals surface area contributed by atoms with E-state index in [0.29, 0.717) is 13.0 Å². The van der Waals surface area contributed by atoms with Gasteiger partial charge in [-0.2, -0.15) is 0 Å². The van der Waals surface area contributed by atoms with Crippen LogP contribution in [0, 0.1) is 0 Å². The second-order valence-electron chi connectivity index (χ2n) is 16.9. The van der Waals surface area contributed by atoms with Crippen LogP contribution in [0.2, 0.25) is 0 Å². The lowest BCUT2D eigenvalue weighted by Crippen LogP contribution is -3.00. The molecule has 4 unspecified atom stereocenters. The Morgan fingerprint density at radius 2 is 0.653 bits per heavy atom. The maximum absolute atomic E-state index is 11.6. The van der Waals surface area contributed by atoms with Crippen LogP contribution >= 0.6 is 0 Å². The Morgan fingerprint density at radius 1 is 0.429 bits per heavy atom. The van der Waals surface area contributed by atoms with Crippen molar-refractivity contribution in [1.82, 2.24) is 0 Å². The van der Waals surface area contributed by atoms with Crippen LogP contribution in [-0.2, 0) is 0 Å². The summed E-state index contributed by atoms with van der Waals surface area (Å²) in [4.78, 5) is 0. The Morgan fingerprint density at radius 3 is 0.898 bits per heavy atom. The summed E-state index contributed by atoms with van der Waals surface area (Å²) in [7, 11) is 1.93. The molecule has 0 heterocycles. The van der Waals surface area contributed by atoms with Gasteiger partial charge >= 0.3 is 0 Å². The first-order valence-corrected chi connectivity index (χ1v) is 22.0. The first-order valence-electron chi connectivity index (χ1n) is 22.0. The summed E-state index contributed by atoms with van der Waals surface area (Å²) >= 11 is 0. The molecule has 0 saturated heterocycles. The van der Waals surface area contributed by atoms with Crippen molar-refractivity contribution in [2.24, 2.45) is 0 Å². The molecule has 0 saturated carbocycles. The van der Waals surface area contributed by atoms with Crippen molar-refractivity contribution in [3.8, 4) is 0 Å². The van der Waals surface area contributed by atoms with Gasteiger partial charge in [0, 0.05) is 20.3 Å². The molecule has 0 aromatic rings. The van der Waals surface area contributed by atoms with Crippen LogP contribution in [0.5, 0.6) is 0 Å². The highest BCUT2D eigenvalue weighted by molar-refractivity contribution is 4.76. The van der Waals surface area contributed by atoms with Crippen LogP contribution < -0.4 is 12.4 Å². The first-order chi connectivity index (χ1) is 23.0. The van der Waals surface area contributed by atoms with Crippen molar-refractivity contribution in [1.29, 1.82) is 0 Å². The Hall–Kier alpha value is 0.130. The molecule has 0 rings (SSSR count). The molecule has 298 valence electrons. The molecule has 0 spiro atoms. The Kier molecular flexibility index (Phi) is 35.5. The molecule has 0 bridgehead atoms. The quantitative estimate of drug-likeness (QED) is 0.0338. The van der Waals surface area contributed by atoms with E-state index in [4.69, 9.17) is 0 Å². The van der Waals surface area contributed by atoms with Gasteiger partial charge in [0.2, 0.25) is 0 Å². The molecule has 49 heavy (non-hydrogen) atoms. The Bertz CT molecular complexity index is 671. The fourth-order valence-electron chi connectivity index (χ4n) is 7.81. The highest BCUT2D eigenvalue weighted by atomic mass is 35.5. The summed E-state index contributed by atoms with van der Waals surface area (Å²) < 4.78 is 0.0809. The van der Waals surface area contributed by atoms with Gasteiger partial charge in [-0.1, -0.05) is 213 Å². The van der Waals surface area contributed by atoms with Gasteiger partial charge in [0.15, 0.2) is 12.0 Å². The molecule has 5 heteroatoms. The van der Waals surface area contributed by atoms with Gasteiger partial charge in [0.05, 0.1) is 7.05 Å². The number of aliphatic hydroxyl groups is 3. The Labute approximate surface area is 315 Å². The molecule has 0 aliphatic rings. The van der Waals surface area contributed by atoms with E-state index < -0.39 is 17.6 Å². The first kappa shape index (κ1) is 51.2. The molecule has 0 aliphatic carbocycles. The summed E-state index contributed by atoms with van der Waals surface area (Å²) in [5, 5.41) is 33.8. The smallest absolute Gasteiger partial charge is 0.199 e. The van der Waals surface area contributed by atoms with E-state index in [1.165, 1.54) is 180 Å². The number of quaternary nitrogens is 1. The van der Waals surface area contributed by atoms with E-state index in [1.54, 1.807) is 6.92 Å². The molecule has 4 atom stereocenters. The summed E-state index contributed by atoms with van der Waals surface area (Å²) in [5.41, 5.74) is -1.97. The van der Waals surface area contributed by atoms with E-state index in [2.05, 4.69) is 13.8 Å². The van der Waals surface area contributed by atoms with Gasteiger partial charge in [0.25, 0.3) is 0 Å². The number of nitrogens with zero attached hydrogens (tertiary/aromatic N) is 1. The molecule has 4 nitrogen and oxygen atoms in total. The van der Waals surface area contributed by atoms with Gasteiger partial charge in [-0.25, -0.2) is 0 Å². The van der Waals surface area contributed by atoms with Crippen LogP contribution in [0.15, 0.2) is 0 Å². The highest BCUT2D eigenvalue weighted by Gasteiger charge is 2.49. The van der Waals surface area contributed by atoms with Crippen molar-refractivity contribution >= 4 is 0 Å². The Balaban J connectivity index is 0. The van der Waals surface area contributed by atoms with E-state index in [-0.39, 0.29) is 16.9 Å². The lowest BCUT2D eigenvalue weighted by Gasteiger charge is -2.50. The minimum atomic E-state index is -1.07. The molecule has 0 aliphatic heterocycles. The fraction of sp³-hybridized carbons (Fsp3) is 1.00. The largest absolute Gasteiger partial charge is 1.00 e. The predicted molar refractivity (Wildman–Crippen MR) is 212 cm³/mol. The van der Waals surface area contributed by atoms with Crippen molar-refractivity contribution in [2.75, 3.05) is 13.6 Å². The van der Waals surface area contributed by atoms with Crippen molar-refractivity contribution < 1.29 is 32.2 Å². The molecule has 0 radical (unpaired) electrons. The maximum Gasteiger partial charge on any atom is 0.199 e. The predicted octanol–water partition coefficient (Wildman–Crippen LogP) is 10.5. The second kappa shape index (κ2) is 33.9.